The summed E-state index contributed by atoms with van der Waals surface area (Å²) < 4.78 is 4.25. The van der Waals surface area contributed by atoms with Gasteiger partial charge in [0.25, 0.3) is 0 Å². The van der Waals surface area contributed by atoms with Crippen molar-refractivity contribution < 1.29 is 10.2 Å². The molecule has 2 nitrogen and oxygen atoms in total. The average molecular weight is 764 g/mol. The van der Waals surface area contributed by atoms with E-state index in [4.69, 9.17) is 0 Å². The highest BCUT2D eigenvalue weighted by molar-refractivity contribution is 9.11. The molecule has 0 aromatic heterocycles. The van der Waals surface area contributed by atoms with Crippen molar-refractivity contribution in [3.8, 4) is 11.5 Å². The molecular formula is C20H12Br6O2. The summed E-state index contributed by atoms with van der Waals surface area (Å²) in [5.74, 6) is 0.292. The number of benzene rings is 3. The SMILES string of the molecule is CC(c1cc(Br)c(O)c(Br)c1)(c1cc(Br)c(O)c(Br)c1)c1cc(Br)ccc1Br. The highest BCUT2D eigenvalue weighted by Crippen LogP contribution is 2.48. The molecule has 0 unspecified atom stereocenters. The van der Waals surface area contributed by atoms with Gasteiger partial charge >= 0.3 is 0 Å². The number of hydrogen-bond acceptors (Lipinski definition) is 2. The zero-order valence-electron chi connectivity index (χ0n) is 14.2. The fourth-order valence-electron chi connectivity index (χ4n) is 3.07. The van der Waals surface area contributed by atoms with Crippen LogP contribution in [0, 0.1) is 0 Å². The smallest absolute Gasteiger partial charge is 0.143 e. The van der Waals surface area contributed by atoms with Crippen LogP contribution in [0.15, 0.2) is 69.3 Å². The van der Waals surface area contributed by atoms with Crippen molar-refractivity contribution in [2.24, 2.45) is 0 Å². The molecule has 3 rings (SSSR count). The van der Waals surface area contributed by atoms with Crippen molar-refractivity contribution >= 4 is 95.6 Å². The molecule has 2 N–H and O–H groups in total. The van der Waals surface area contributed by atoms with Crippen LogP contribution in [0.25, 0.3) is 0 Å². The highest BCUT2D eigenvalue weighted by Gasteiger charge is 2.35. The molecule has 0 radical (unpaired) electrons. The average Bonchev–Trinajstić information content (AvgIpc) is 2.64. The van der Waals surface area contributed by atoms with Crippen molar-refractivity contribution in [1.29, 1.82) is 0 Å². The van der Waals surface area contributed by atoms with Crippen LogP contribution in [0.5, 0.6) is 11.5 Å². The number of halogens is 6. The molecule has 0 aliphatic carbocycles. The second kappa shape index (κ2) is 8.71. The fourth-order valence-corrected chi connectivity index (χ4v) is 6.44. The van der Waals surface area contributed by atoms with Gasteiger partial charge in [-0.3, -0.25) is 0 Å². The van der Waals surface area contributed by atoms with E-state index < -0.39 is 5.41 Å². The minimum Gasteiger partial charge on any atom is -0.506 e. The van der Waals surface area contributed by atoms with Crippen LogP contribution in [0.1, 0.15) is 23.6 Å². The summed E-state index contributed by atoms with van der Waals surface area (Å²) in [5, 5.41) is 20.4. The summed E-state index contributed by atoms with van der Waals surface area (Å²) in [5.41, 5.74) is 2.32. The predicted molar refractivity (Wildman–Crippen MR) is 134 cm³/mol. The monoisotopic (exact) mass is 758 g/mol. The first-order valence-corrected chi connectivity index (χ1v) is 12.6. The number of hydrogen-bond donors (Lipinski definition) is 2. The van der Waals surface area contributed by atoms with Crippen LogP contribution >= 0.6 is 95.6 Å². The van der Waals surface area contributed by atoms with E-state index in [1.807, 2.05) is 36.4 Å². The topological polar surface area (TPSA) is 40.5 Å². The van der Waals surface area contributed by atoms with E-state index in [-0.39, 0.29) is 11.5 Å². The Labute approximate surface area is 213 Å². The standard InChI is InChI=1S/C20H12Br6O2/c1-20(12-8-11(21)2-3-13(12)22,9-4-14(23)18(27)15(24)5-9)10-6-16(25)19(28)17(26)7-10/h2-8,27-28H,1H3. The third-order valence-corrected chi connectivity index (χ3v) is 8.26. The van der Waals surface area contributed by atoms with Crippen molar-refractivity contribution in [3.63, 3.8) is 0 Å². The van der Waals surface area contributed by atoms with E-state index in [1.54, 1.807) is 0 Å². The first kappa shape index (κ1) is 22.8. The first-order chi connectivity index (χ1) is 13.1. The molecule has 0 bridgehead atoms. The molecule has 0 saturated heterocycles. The number of phenols is 2. The molecule has 0 aliphatic rings. The van der Waals surface area contributed by atoms with Gasteiger partial charge < -0.3 is 10.2 Å². The van der Waals surface area contributed by atoms with Gasteiger partial charge in [-0.1, -0.05) is 31.9 Å². The Kier molecular flexibility index (Phi) is 7.10. The zero-order chi connectivity index (χ0) is 20.8. The van der Waals surface area contributed by atoms with Crippen LogP contribution in [0.3, 0.4) is 0 Å². The maximum Gasteiger partial charge on any atom is 0.143 e. The molecule has 0 heterocycles. The second-order valence-corrected chi connectivity index (χ2v) is 11.5. The van der Waals surface area contributed by atoms with Gasteiger partial charge in [-0.15, -0.1) is 0 Å². The molecule has 0 amide bonds. The molecule has 0 fully saturated rings. The Morgan fingerprint density at radius 1 is 0.607 bits per heavy atom. The Balaban J connectivity index is 2.43. The van der Waals surface area contributed by atoms with E-state index in [0.717, 1.165) is 25.6 Å². The van der Waals surface area contributed by atoms with E-state index in [2.05, 4.69) is 109 Å². The van der Waals surface area contributed by atoms with Crippen molar-refractivity contribution in [2.75, 3.05) is 0 Å². The van der Waals surface area contributed by atoms with E-state index in [9.17, 15) is 10.2 Å². The van der Waals surface area contributed by atoms with Crippen LogP contribution in [0.2, 0.25) is 0 Å². The molecular weight excluding hydrogens is 752 g/mol. The van der Waals surface area contributed by atoms with Crippen LogP contribution in [-0.2, 0) is 5.41 Å². The van der Waals surface area contributed by atoms with Crippen LogP contribution in [-0.4, -0.2) is 10.2 Å². The van der Waals surface area contributed by atoms with Gasteiger partial charge in [0.2, 0.25) is 0 Å². The molecule has 0 aliphatic heterocycles. The van der Waals surface area contributed by atoms with Crippen molar-refractivity contribution in [2.45, 2.75) is 12.3 Å². The molecule has 146 valence electrons. The summed E-state index contributed by atoms with van der Waals surface area (Å²) in [4.78, 5) is 0. The summed E-state index contributed by atoms with van der Waals surface area (Å²) in [7, 11) is 0. The highest BCUT2D eigenvalue weighted by atomic mass is 79.9. The molecule has 0 spiro atoms. The minimum absolute atomic E-state index is 0.146. The van der Waals surface area contributed by atoms with Crippen molar-refractivity contribution in [1.82, 2.24) is 0 Å². The van der Waals surface area contributed by atoms with Crippen LogP contribution < -0.4 is 0 Å². The van der Waals surface area contributed by atoms with Gasteiger partial charge in [-0.05, 0) is 130 Å². The van der Waals surface area contributed by atoms with Crippen LogP contribution in [0.4, 0.5) is 0 Å². The Morgan fingerprint density at radius 3 is 1.39 bits per heavy atom. The van der Waals surface area contributed by atoms with E-state index in [1.165, 1.54) is 0 Å². The number of phenolic OH excluding ortho intramolecular Hbond substituents is 2. The molecule has 8 heteroatoms. The molecule has 3 aromatic rings. The van der Waals surface area contributed by atoms with E-state index in [0.29, 0.717) is 17.9 Å². The molecule has 0 saturated carbocycles. The maximum atomic E-state index is 10.2. The minimum atomic E-state index is -0.611. The lowest BCUT2D eigenvalue weighted by atomic mass is 9.71. The zero-order valence-corrected chi connectivity index (χ0v) is 23.7. The van der Waals surface area contributed by atoms with Gasteiger partial charge in [0, 0.05) is 14.4 Å². The Morgan fingerprint density at radius 2 is 1.00 bits per heavy atom. The lowest BCUT2D eigenvalue weighted by Crippen LogP contribution is -2.26. The maximum absolute atomic E-state index is 10.2. The Hall–Kier alpha value is 0.140. The first-order valence-electron chi connectivity index (χ1n) is 7.88. The largest absolute Gasteiger partial charge is 0.506 e. The number of rotatable bonds is 3. The third-order valence-electron chi connectivity index (χ3n) is 4.66. The van der Waals surface area contributed by atoms with Gasteiger partial charge in [-0.2, -0.15) is 0 Å². The lowest BCUT2D eigenvalue weighted by Gasteiger charge is -2.34. The Bertz CT molecular complexity index is 977. The van der Waals surface area contributed by atoms with Gasteiger partial charge in [-0.25, -0.2) is 0 Å². The summed E-state index contributed by atoms with van der Waals surface area (Å²) >= 11 is 21.1. The lowest BCUT2D eigenvalue weighted by molar-refractivity contribution is 0.467. The van der Waals surface area contributed by atoms with E-state index >= 15 is 0 Å². The quantitative estimate of drug-likeness (QED) is 0.262. The van der Waals surface area contributed by atoms with Gasteiger partial charge in [0.1, 0.15) is 11.5 Å². The molecule has 28 heavy (non-hydrogen) atoms. The summed E-state index contributed by atoms with van der Waals surface area (Å²) in [6, 6.07) is 13.6. The predicted octanol–water partition coefficient (Wildman–Crippen LogP) is 9.03. The normalized spacial score (nSPS) is 11.7. The molecule has 3 aromatic carbocycles. The summed E-state index contributed by atoms with van der Waals surface area (Å²) in [6.45, 7) is 2.11. The third kappa shape index (κ3) is 4.14. The molecule has 0 atom stereocenters. The second-order valence-electron chi connectivity index (χ2n) is 6.33. The number of aromatic hydroxyl groups is 2. The summed E-state index contributed by atoms with van der Waals surface area (Å²) in [6.07, 6.45) is 0. The van der Waals surface area contributed by atoms with Crippen molar-refractivity contribution in [3.05, 3.63) is 86.0 Å². The van der Waals surface area contributed by atoms with Gasteiger partial charge in [0.15, 0.2) is 0 Å². The van der Waals surface area contributed by atoms with Gasteiger partial charge in [0.05, 0.1) is 17.9 Å². The fraction of sp³-hybridized carbons (Fsp3) is 0.100.